The number of ether oxygens (including phenoxy) is 2. The van der Waals surface area contributed by atoms with Crippen LogP contribution in [0.25, 0.3) is 6.08 Å². The van der Waals surface area contributed by atoms with Gasteiger partial charge >= 0.3 is 0 Å². The van der Waals surface area contributed by atoms with Crippen LogP contribution in [0.1, 0.15) is 21.5 Å². The van der Waals surface area contributed by atoms with Crippen molar-refractivity contribution >= 4 is 23.3 Å². The third kappa shape index (κ3) is 2.35. The third-order valence-electron chi connectivity index (χ3n) is 6.76. The second-order valence-corrected chi connectivity index (χ2v) is 8.34. The lowest BCUT2D eigenvalue weighted by Gasteiger charge is -2.35. The minimum Gasteiger partial charge on any atom is -0.353 e. The van der Waals surface area contributed by atoms with E-state index in [4.69, 9.17) is 9.47 Å². The van der Waals surface area contributed by atoms with Crippen LogP contribution < -0.4 is 4.90 Å². The second kappa shape index (κ2) is 6.12. The lowest BCUT2D eigenvalue weighted by Crippen LogP contribution is -2.48. The van der Waals surface area contributed by atoms with Gasteiger partial charge in [0.05, 0.1) is 30.7 Å². The van der Waals surface area contributed by atoms with Crippen LogP contribution in [0, 0.1) is 18.8 Å². The number of Topliss-reactive ketones (excluding diaryl/α,β-unsaturated/α-hetero) is 2. The number of carbonyl (C=O) groups is 2. The molecule has 0 N–H and O–H groups in total. The Morgan fingerprint density at radius 2 is 1.90 bits per heavy atom. The van der Waals surface area contributed by atoms with E-state index in [1.54, 1.807) is 0 Å². The standard InChI is InChI=1S/C24H21NO4/c1-13-6-8-15(9-7-13)22(26)21-20-18-12-28-24(29-18)23(27)19(20)17-11-10-14-4-2-3-5-16(14)25(17)21/h2-11,17-21,24H,12H2,1H3/t17-,18+,19-,20-,21-,24+/m1/s1. The Balaban J connectivity index is 1.52. The molecule has 0 aliphatic carbocycles. The normalized spacial score (nSPS) is 34.0. The van der Waals surface area contributed by atoms with Crippen molar-refractivity contribution in [1.82, 2.24) is 0 Å². The van der Waals surface area contributed by atoms with Crippen LogP contribution in [0.15, 0.2) is 54.6 Å². The third-order valence-corrected chi connectivity index (χ3v) is 6.76. The highest BCUT2D eigenvalue weighted by Crippen LogP contribution is 2.50. The lowest BCUT2D eigenvalue weighted by molar-refractivity contribution is -0.163. The molecule has 2 aromatic carbocycles. The predicted octanol–water partition coefficient (Wildman–Crippen LogP) is 3.02. The minimum atomic E-state index is -0.790. The summed E-state index contributed by atoms with van der Waals surface area (Å²) in [5, 5.41) is 0. The summed E-state index contributed by atoms with van der Waals surface area (Å²) in [7, 11) is 0. The van der Waals surface area contributed by atoms with Crippen molar-refractivity contribution in [1.29, 1.82) is 0 Å². The number of fused-ring (bicyclic) bond motifs is 8. The first kappa shape index (κ1) is 17.1. The number of aryl methyl sites for hydroxylation is 1. The van der Waals surface area contributed by atoms with Gasteiger partial charge in [0.2, 0.25) is 6.29 Å². The first-order valence-electron chi connectivity index (χ1n) is 10.1. The number of benzene rings is 2. The van der Waals surface area contributed by atoms with Gasteiger partial charge in [-0.2, -0.15) is 0 Å². The highest BCUT2D eigenvalue weighted by atomic mass is 16.7. The number of anilines is 1. The summed E-state index contributed by atoms with van der Waals surface area (Å²) in [5.41, 5.74) is 3.85. The Labute approximate surface area is 168 Å². The van der Waals surface area contributed by atoms with Gasteiger partial charge in [-0.25, -0.2) is 0 Å². The highest BCUT2D eigenvalue weighted by Gasteiger charge is 2.63. The SMILES string of the molecule is Cc1ccc(C(=O)[C@H]2[C@H]3[C@H](C(=O)[C@H]4OC[C@@H]3O4)[C@H]3C=Cc4ccccc4N32)cc1. The van der Waals surface area contributed by atoms with Gasteiger partial charge in [0.15, 0.2) is 11.6 Å². The fourth-order valence-corrected chi connectivity index (χ4v) is 5.47. The topological polar surface area (TPSA) is 55.8 Å². The van der Waals surface area contributed by atoms with Crippen LogP contribution in [-0.4, -0.2) is 42.7 Å². The largest absolute Gasteiger partial charge is 0.353 e. The summed E-state index contributed by atoms with van der Waals surface area (Å²) < 4.78 is 11.5. The van der Waals surface area contributed by atoms with Gasteiger partial charge in [0, 0.05) is 17.2 Å². The number of nitrogens with zero attached hydrogens (tertiary/aromatic N) is 1. The summed E-state index contributed by atoms with van der Waals surface area (Å²) in [6.45, 7) is 2.37. The Hall–Kier alpha value is -2.76. The molecule has 0 spiro atoms. The Morgan fingerprint density at radius 3 is 2.72 bits per heavy atom. The van der Waals surface area contributed by atoms with Gasteiger partial charge in [-0.1, -0.05) is 60.2 Å². The van der Waals surface area contributed by atoms with Crippen LogP contribution in [-0.2, 0) is 14.3 Å². The number of para-hydroxylation sites is 1. The molecule has 0 unspecified atom stereocenters. The van der Waals surface area contributed by atoms with E-state index in [1.165, 1.54) is 0 Å². The molecule has 4 aliphatic heterocycles. The number of hydrogen-bond donors (Lipinski definition) is 0. The van der Waals surface area contributed by atoms with Gasteiger partial charge in [-0.05, 0) is 18.6 Å². The molecule has 3 saturated heterocycles. The van der Waals surface area contributed by atoms with Gasteiger partial charge in [-0.3, -0.25) is 9.59 Å². The molecule has 4 heterocycles. The molecule has 146 valence electrons. The molecular formula is C24H21NO4. The van der Waals surface area contributed by atoms with Crippen LogP contribution in [0.4, 0.5) is 5.69 Å². The van der Waals surface area contributed by atoms with E-state index >= 15 is 0 Å². The average molecular weight is 387 g/mol. The molecule has 3 fully saturated rings. The molecule has 4 aliphatic rings. The summed E-state index contributed by atoms with van der Waals surface area (Å²) in [4.78, 5) is 29.1. The summed E-state index contributed by atoms with van der Waals surface area (Å²) in [6.07, 6.45) is 3.11. The van der Waals surface area contributed by atoms with Gasteiger partial charge < -0.3 is 14.4 Å². The van der Waals surface area contributed by atoms with Crippen molar-refractivity contribution in [3.63, 3.8) is 0 Å². The molecule has 5 heteroatoms. The summed E-state index contributed by atoms with van der Waals surface area (Å²) >= 11 is 0. The van der Waals surface area contributed by atoms with Crippen molar-refractivity contribution in [2.75, 3.05) is 11.5 Å². The van der Waals surface area contributed by atoms with Crippen LogP contribution in [0.2, 0.25) is 0 Å². The average Bonchev–Trinajstić information content (AvgIpc) is 3.33. The maximum Gasteiger partial charge on any atom is 0.218 e. The molecule has 29 heavy (non-hydrogen) atoms. The predicted molar refractivity (Wildman–Crippen MR) is 108 cm³/mol. The minimum absolute atomic E-state index is 0.0364. The van der Waals surface area contributed by atoms with Gasteiger partial charge in [0.25, 0.3) is 0 Å². The molecule has 0 saturated carbocycles. The van der Waals surface area contributed by atoms with E-state index in [9.17, 15) is 9.59 Å². The molecule has 0 radical (unpaired) electrons. The van der Waals surface area contributed by atoms with Crippen LogP contribution >= 0.6 is 0 Å². The Kier molecular flexibility index (Phi) is 3.61. The van der Waals surface area contributed by atoms with E-state index in [2.05, 4.69) is 17.1 Å². The van der Waals surface area contributed by atoms with E-state index in [0.29, 0.717) is 12.2 Å². The molecule has 5 nitrogen and oxygen atoms in total. The monoisotopic (exact) mass is 387 g/mol. The fourth-order valence-electron chi connectivity index (χ4n) is 5.47. The molecule has 0 amide bonds. The van der Waals surface area contributed by atoms with Crippen LogP contribution in [0.5, 0.6) is 0 Å². The van der Waals surface area contributed by atoms with E-state index in [-0.39, 0.29) is 35.5 Å². The number of rotatable bonds is 2. The van der Waals surface area contributed by atoms with E-state index < -0.39 is 12.3 Å². The number of carbonyl (C=O) groups excluding carboxylic acids is 2. The fraction of sp³-hybridized carbons (Fsp3) is 0.333. The maximum atomic E-state index is 13.8. The molecular weight excluding hydrogens is 366 g/mol. The Bertz CT molecular complexity index is 1040. The summed E-state index contributed by atoms with van der Waals surface area (Å²) in [6, 6.07) is 15.1. The number of ketones is 2. The lowest BCUT2D eigenvalue weighted by atomic mass is 9.77. The second-order valence-electron chi connectivity index (χ2n) is 8.34. The molecule has 2 bridgehead atoms. The van der Waals surface area contributed by atoms with E-state index in [1.807, 2.05) is 55.5 Å². The van der Waals surface area contributed by atoms with Crippen LogP contribution in [0.3, 0.4) is 0 Å². The first-order chi connectivity index (χ1) is 14.1. The van der Waals surface area contributed by atoms with Gasteiger partial charge in [-0.15, -0.1) is 0 Å². The zero-order chi connectivity index (χ0) is 19.7. The first-order valence-corrected chi connectivity index (χ1v) is 10.1. The molecule has 2 aromatic rings. The highest BCUT2D eigenvalue weighted by molar-refractivity contribution is 6.05. The zero-order valence-electron chi connectivity index (χ0n) is 16.0. The Morgan fingerprint density at radius 1 is 1.10 bits per heavy atom. The molecule has 6 atom stereocenters. The van der Waals surface area contributed by atoms with Crippen molar-refractivity contribution in [3.05, 3.63) is 71.3 Å². The quantitative estimate of drug-likeness (QED) is 0.742. The summed E-state index contributed by atoms with van der Waals surface area (Å²) in [5.74, 6) is -0.530. The van der Waals surface area contributed by atoms with E-state index in [0.717, 1.165) is 16.8 Å². The van der Waals surface area contributed by atoms with Crippen molar-refractivity contribution in [2.45, 2.75) is 31.4 Å². The maximum absolute atomic E-state index is 13.8. The zero-order valence-corrected chi connectivity index (χ0v) is 16.0. The van der Waals surface area contributed by atoms with Gasteiger partial charge in [0.1, 0.15) is 0 Å². The molecule has 6 rings (SSSR count). The number of hydrogen-bond acceptors (Lipinski definition) is 5. The molecule has 0 aromatic heterocycles. The van der Waals surface area contributed by atoms with Crippen molar-refractivity contribution < 1.29 is 19.1 Å². The smallest absolute Gasteiger partial charge is 0.218 e. The van der Waals surface area contributed by atoms with Crippen molar-refractivity contribution in [2.24, 2.45) is 11.8 Å². The van der Waals surface area contributed by atoms with Crippen molar-refractivity contribution in [3.8, 4) is 0 Å².